The van der Waals surface area contributed by atoms with Gasteiger partial charge in [0.15, 0.2) is 0 Å². The summed E-state index contributed by atoms with van der Waals surface area (Å²) in [6, 6.07) is 17.1. The standard InChI is InChI=1S/C13H11N3/c14-9-10-8-12(6-7-13(10)15)16-11-4-2-1-3-5-11/h1-8,16H,15H2. The average Bonchev–Trinajstić information content (AvgIpc) is 2.33. The van der Waals surface area contributed by atoms with Gasteiger partial charge in [0.25, 0.3) is 0 Å². The smallest absolute Gasteiger partial charge is 0.101 e. The molecule has 0 fully saturated rings. The van der Waals surface area contributed by atoms with Crippen LogP contribution in [0.2, 0.25) is 0 Å². The van der Waals surface area contributed by atoms with Crippen molar-refractivity contribution in [1.29, 1.82) is 5.26 Å². The first-order chi connectivity index (χ1) is 7.79. The van der Waals surface area contributed by atoms with E-state index in [4.69, 9.17) is 11.0 Å². The van der Waals surface area contributed by atoms with Crippen LogP contribution in [0.5, 0.6) is 0 Å². The van der Waals surface area contributed by atoms with Crippen molar-refractivity contribution in [2.75, 3.05) is 11.1 Å². The summed E-state index contributed by atoms with van der Waals surface area (Å²) in [6.07, 6.45) is 0. The first-order valence-electron chi connectivity index (χ1n) is 4.91. The van der Waals surface area contributed by atoms with Gasteiger partial charge in [-0.3, -0.25) is 0 Å². The zero-order valence-electron chi connectivity index (χ0n) is 8.64. The molecule has 0 saturated heterocycles. The molecule has 0 bridgehead atoms. The zero-order valence-corrected chi connectivity index (χ0v) is 8.64. The Morgan fingerprint density at radius 3 is 2.44 bits per heavy atom. The number of rotatable bonds is 2. The van der Waals surface area contributed by atoms with Crippen LogP contribution in [0.1, 0.15) is 5.56 Å². The maximum absolute atomic E-state index is 8.85. The maximum atomic E-state index is 8.85. The largest absolute Gasteiger partial charge is 0.398 e. The molecule has 2 aromatic carbocycles. The van der Waals surface area contributed by atoms with Crippen molar-refractivity contribution < 1.29 is 0 Å². The van der Waals surface area contributed by atoms with E-state index in [0.29, 0.717) is 11.3 Å². The van der Waals surface area contributed by atoms with Gasteiger partial charge < -0.3 is 11.1 Å². The van der Waals surface area contributed by atoms with Crippen molar-refractivity contribution in [1.82, 2.24) is 0 Å². The van der Waals surface area contributed by atoms with Crippen molar-refractivity contribution in [2.24, 2.45) is 0 Å². The molecule has 0 spiro atoms. The van der Waals surface area contributed by atoms with Crippen molar-refractivity contribution in [3.63, 3.8) is 0 Å². The minimum atomic E-state index is 0.487. The second-order valence-corrected chi connectivity index (χ2v) is 3.40. The molecular formula is C13H11N3. The Labute approximate surface area is 94.1 Å². The highest BCUT2D eigenvalue weighted by molar-refractivity contribution is 5.66. The van der Waals surface area contributed by atoms with E-state index in [0.717, 1.165) is 11.4 Å². The number of para-hydroxylation sites is 1. The first kappa shape index (κ1) is 10.1. The Morgan fingerprint density at radius 2 is 1.75 bits per heavy atom. The Kier molecular flexibility index (Phi) is 2.75. The second kappa shape index (κ2) is 4.37. The predicted molar refractivity (Wildman–Crippen MR) is 65.3 cm³/mol. The van der Waals surface area contributed by atoms with Gasteiger partial charge in [-0.2, -0.15) is 5.26 Å². The molecule has 0 saturated carbocycles. The molecule has 3 heteroatoms. The van der Waals surface area contributed by atoms with Gasteiger partial charge in [-0.1, -0.05) is 18.2 Å². The number of nitriles is 1. The Bertz CT molecular complexity index is 527. The third kappa shape index (κ3) is 2.12. The van der Waals surface area contributed by atoms with Crippen molar-refractivity contribution in [3.05, 3.63) is 54.1 Å². The summed E-state index contributed by atoms with van der Waals surface area (Å²) in [7, 11) is 0. The number of nitrogens with zero attached hydrogens (tertiary/aromatic N) is 1. The Hall–Kier alpha value is -2.47. The average molecular weight is 209 g/mol. The SMILES string of the molecule is N#Cc1cc(Nc2ccccc2)ccc1N. The summed E-state index contributed by atoms with van der Waals surface area (Å²) in [5, 5.41) is 12.1. The lowest BCUT2D eigenvalue weighted by atomic mass is 10.1. The highest BCUT2D eigenvalue weighted by atomic mass is 14.9. The molecule has 0 atom stereocenters. The summed E-state index contributed by atoms with van der Waals surface area (Å²) in [6.45, 7) is 0. The van der Waals surface area contributed by atoms with Gasteiger partial charge >= 0.3 is 0 Å². The monoisotopic (exact) mass is 209 g/mol. The van der Waals surface area contributed by atoms with E-state index in [1.165, 1.54) is 0 Å². The Balaban J connectivity index is 2.27. The number of nitrogen functional groups attached to an aromatic ring is 1. The highest BCUT2D eigenvalue weighted by Gasteiger charge is 2.00. The number of nitrogens with two attached hydrogens (primary N) is 1. The van der Waals surface area contributed by atoms with Crippen LogP contribution in [0.15, 0.2) is 48.5 Å². The predicted octanol–water partition coefficient (Wildman–Crippen LogP) is 2.88. The van der Waals surface area contributed by atoms with Gasteiger partial charge in [-0.25, -0.2) is 0 Å². The molecule has 0 aliphatic heterocycles. The zero-order chi connectivity index (χ0) is 11.4. The molecule has 2 aromatic rings. The van der Waals surface area contributed by atoms with Crippen LogP contribution in [0.4, 0.5) is 17.1 Å². The van der Waals surface area contributed by atoms with Crippen LogP contribution in [-0.2, 0) is 0 Å². The lowest BCUT2D eigenvalue weighted by Gasteiger charge is -2.07. The number of hydrogen-bond acceptors (Lipinski definition) is 3. The summed E-state index contributed by atoms with van der Waals surface area (Å²) in [4.78, 5) is 0. The van der Waals surface area contributed by atoms with Gasteiger partial charge in [0.05, 0.1) is 5.56 Å². The van der Waals surface area contributed by atoms with Crippen LogP contribution >= 0.6 is 0 Å². The molecule has 3 nitrogen and oxygen atoms in total. The van der Waals surface area contributed by atoms with Crippen molar-refractivity contribution >= 4 is 17.1 Å². The minimum Gasteiger partial charge on any atom is -0.398 e. The molecule has 0 aliphatic rings. The topological polar surface area (TPSA) is 61.8 Å². The van der Waals surface area contributed by atoms with E-state index in [2.05, 4.69) is 11.4 Å². The third-order valence-corrected chi connectivity index (χ3v) is 2.24. The summed E-state index contributed by atoms with van der Waals surface area (Å²) in [5.41, 5.74) is 8.47. The van der Waals surface area contributed by atoms with Crippen LogP contribution < -0.4 is 11.1 Å². The van der Waals surface area contributed by atoms with Gasteiger partial charge in [0.1, 0.15) is 6.07 Å². The quantitative estimate of drug-likeness (QED) is 0.747. The third-order valence-electron chi connectivity index (χ3n) is 2.24. The Morgan fingerprint density at radius 1 is 1.00 bits per heavy atom. The van der Waals surface area contributed by atoms with Crippen LogP contribution in [0, 0.1) is 11.3 Å². The van der Waals surface area contributed by atoms with E-state index in [1.807, 2.05) is 36.4 Å². The molecule has 0 unspecified atom stereocenters. The summed E-state index contributed by atoms with van der Waals surface area (Å²) >= 11 is 0. The van der Waals surface area contributed by atoms with Crippen LogP contribution in [0.25, 0.3) is 0 Å². The van der Waals surface area contributed by atoms with Crippen molar-refractivity contribution in [3.8, 4) is 6.07 Å². The first-order valence-corrected chi connectivity index (χ1v) is 4.91. The van der Waals surface area contributed by atoms with Gasteiger partial charge in [0, 0.05) is 17.1 Å². The fourth-order valence-electron chi connectivity index (χ4n) is 1.42. The van der Waals surface area contributed by atoms with Crippen LogP contribution in [-0.4, -0.2) is 0 Å². The number of anilines is 3. The molecule has 2 rings (SSSR count). The van der Waals surface area contributed by atoms with Gasteiger partial charge in [-0.05, 0) is 30.3 Å². The second-order valence-electron chi connectivity index (χ2n) is 3.40. The minimum absolute atomic E-state index is 0.487. The van der Waals surface area contributed by atoms with E-state index >= 15 is 0 Å². The molecule has 16 heavy (non-hydrogen) atoms. The van der Waals surface area contributed by atoms with E-state index in [9.17, 15) is 0 Å². The molecule has 0 heterocycles. The number of hydrogen-bond donors (Lipinski definition) is 2. The lowest BCUT2D eigenvalue weighted by Crippen LogP contribution is -1.94. The van der Waals surface area contributed by atoms with Gasteiger partial charge in [0.2, 0.25) is 0 Å². The number of benzene rings is 2. The van der Waals surface area contributed by atoms with E-state index in [1.54, 1.807) is 12.1 Å². The number of nitrogens with one attached hydrogen (secondary N) is 1. The van der Waals surface area contributed by atoms with E-state index in [-0.39, 0.29) is 0 Å². The fourth-order valence-corrected chi connectivity index (χ4v) is 1.42. The highest BCUT2D eigenvalue weighted by Crippen LogP contribution is 2.20. The molecule has 3 N–H and O–H groups in total. The lowest BCUT2D eigenvalue weighted by molar-refractivity contribution is 1.47. The fraction of sp³-hybridized carbons (Fsp3) is 0. The van der Waals surface area contributed by atoms with E-state index < -0.39 is 0 Å². The maximum Gasteiger partial charge on any atom is 0.101 e. The van der Waals surface area contributed by atoms with Crippen molar-refractivity contribution in [2.45, 2.75) is 0 Å². The summed E-state index contributed by atoms with van der Waals surface area (Å²) < 4.78 is 0. The normalized spacial score (nSPS) is 9.44. The molecule has 0 radical (unpaired) electrons. The molecule has 78 valence electrons. The summed E-state index contributed by atoms with van der Waals surface area (Å²) in [5.74, 6) is 0. The molecule has 0 aromatic heterocycles. The molecule has 0 amide bonds. The van der Waals surface area contributed by atoms with Gasteiger partial charge in [-0.15, -0.1) is 0 Å². The molecular weight excluding hydrogens is 198 g/mol. The van der Waals surface area contributed by atoms with Crippen LogP contribution in [0.3, 0.4) is 0 Å². The molecule has 0 aliphatic carbocycles.